The van der Waals surface area contributed by atoms with Gasteiger partial charge in [-0.1, -0.05) is 79.2 Å². The average molecular weight is 443 g/mol. The van der Waals surface area contributed by atoms with Crippen LogP contribution in [0.1, 0.15) is 18.1 Å². The molecule has 1 unspecified atom stereocenters. The highest BCUT2D eigenvalue weighted by atomic mass is 35.5. The molecule has 0 aliphatic carbocycles. The molecule has 0 heterocycles. The number of phosphoric ester groups is 1. The molecule has 0 N–H and O–H groups in total. The number of alkyl halides is 1. The third-order valence-electron chi connectivity index (χ3n) is 3.64. The first kappa shape index (κ1) is 23.4. The van der Waals surface area contributed by atoms with Crippen molar-refractivity contribution < 1.29 is 32.4 Å². The Kier molecular flexibility index (Phi) is 10.2. The van der Waals surface area contributed by atoms with Crippen LogP contribution < -0.4 is 0 Å². The van der Waals surface area contributed by atoms with Gasteiger partial charge in [0.25, 0.3) is 0 Å². The molecular weight excluding hydrogens is 419 g/mol. The minimum atomic E-state index is -3.86. The summed E-state index contributed by atoms with van der Waals surface area (Å²) in [6.07, 6.45) is -0.879. The molecule has 0 amide bonds. The molecule has 1 atom stereocenters. The van der Waals surface area contributed by atoms with E-state index in [-0.39, 0.29) is 38.4 Å². The third-order valence-corrected chi connectivity index (χ3v) is 5.10. The normalized spacial score (nSPS) is 12.3. The topological polar surface area (TPSA) is 80.3 Å². The van der Waals surface area contributed by atoms with Crippen LogP contribution in [0.4, 0.5) is 4.79 Å². The van der Waals surface area contributed by atoms with Gasteiger partial charge < -0.3 is 9.47 Å². The van der Waals surface area contributed by atoms with E-state index in [0.29, 0.717) is 0 Å². The van der Waals surface area contributed by atoms with E-state index in [9.17, 15) is 9.36 Å². The molecule has 0 saturated heterocycles. The zero-order chi connectivity index (χ0) is 21.0. The second-order valence-corrected chi connectivity index (χ2v) is 8.07. The van der Waals surface area contributed by atoms with E-state index in [1.165, 1.54) is 0 Å². The van der Waals surface area contributed by atoms with Crippen molar-refractivity contribution in [2.24, 2.45) is 5.92 Å². The summed E-state index contributed by atoms with van der Waals surface area (Å²) in [5, 5.41) is 0. The number of phosphoric acid groups is 1. The van der Waals surface area contributed by atoms with Gasteiger partial charge in [0.2, 0.25) is 0 Å². The summed E-state index contributed by atoms with van der Waals surface area (Å²) in [4.78, 5) is 11.2. The van der Waals surface area contributed by atoms with Crippen LogP contribution in [-0.2, 0) is 40.8 Å². The van der Waals surface area contributed by atoms with Gasteiger partial charge in [0.15, 0.2) is 6.07 Å². The molecule has 9 heteroatoms. The number of hydrogen-bond acceptors (Lipinski definition) is 7. The Morgan fingerprint density at radius 1 is 0.862 bits per heavy atom. The molecule has 0 aliphatic heterocycles. The Hall–Kier alpha value is -1.89. The number of halogens is 1. The van der Waals surface area contributed by atoms with E-state index >= 15 is 0 Å². The van der Waals surface area contributed by atoms with Gasteiger partial charge in [-0.2, -0.15) is 0 Å². The SMILES string of the molecule is CC(COC(=O)OCCl)COP(=O)(OCc1ccccc1)OCc1ccccc1. The minimum Gasteiger partial charge on any atom is -0.434 e. The number of carbonyl (C=O) groups excluding carboxylic acids is 1. The van der Waals surface area contributed by atoms with Gasteiger partial charge in [-0.05, 0) is 11.1 Å². The van der Waals surface area contributed by atoms with E-state index in [1.54, 1.807) is 6.92 Å². The fourth-order valence-corrected chi connectivity index (χ4v) is 3.49. The molecule has 0 fully saturated rings. The Bertz CT molecular complexity index is 725. The van der Waals surface area contributed by atoms with Crippen molar-refractivity contribution in [3.05, 3.63) is 71.8 Å². The van der Waals surface area contributed by atoms with Crippen LogP contribution in [0.2, 0.25) is 0 Å². The molecule has 0 aromatic heterocycles. The van der Waals surface area contributed by atoms with Crippen molar-refractivity contribution in [3.8, 4) is 0 Å². The van der Waals surface area contributed by atoms with E-state index < -0.39 is 14.0 Å². The van der Waals surface area contributed by atoms with Gasteiger partial charge in [0.05, 0.1) is 26.4 Å². The molecule has 2 aromatic carbocycles. The maximum Gasteiger partial charge on any atom is 0.509 e. The Morgan fingerprint density at radius 2 is 1.38 bits per heavy atom. The summed E-state index contributed by atoms with van der Waals surface area (Å²) in [6, 6.07) is 18.3. The Labute approximate surface area is 175 Å². The summed E-state index contributed by atoms with van der Waals surface area (Å²) < 4.78 is 38.9. The highest BCUT2D eigenvalue weighted by molar-refractivity contribution is 7.48. The summed E-state index contributed by atoms with van der Waals surface area (Å²) in [7, 11) is -3.86. The molecule has 2 aromatic rings. The maximum atomic E-state index is 13.1. The average Bonchev–Trinajstić information content (AvgIpc) is 2.75. The van der Waals surface area contributed by atoms with Crippen molar-refractivity contribution in [2.45, 2.75) is 20.1 Å². The molecule has 158 valence electrons. The fourth-order valence-electron chi connectivity index (χ4n) is 2.13. The third kappa shape index (κ3) is 9.43. The van der Waals surface area contributed by atoms with Crippen LogP contribution >= 0.6 is 19.4 Å². The summed E-state index contributed by atoms with van der Waals surface area (Å²) in [5.41, 5.74) is 1.67. The number of ether oxygens (including phenoxy) is 2. The van der Waals surface area contributed by atoms with Crippen LogP contribution in [0, 0.1) is 5.92 Å². The first-order valence-corrected chi connectivity index (χ1v) is 11.0. The van der Waals surface area contributed by atoms with Crippen molar-refractivity contribution in [1.82, 2.24) is 0 Å². The molecule has 7 nitrogen and oxygen atoms in total. The predicted molar refractivity (Wildman–Crippen MR) is 108 cm³/mol. The monoisotopic (exact) mass is 442 g/mol. The van der Waals surface area contributed by atoms with E-state index in [4.69, 9.17) is 29.9 Å². The fraction of sp³-hybridized carbons (Fsp3) is 0.350. The predicted octanol–water partition coefficient (Wildman–Crippen LogP) is 5.53. The zero-order valence-electron chi connectivity index (χ0n) is 16.1. The van der Waals surface area contributed by atoms with Gasteiger partial charge in [0, 0.05) is 5.92 Å². The lowest BCUT2D eigenvalue weighted by Gasteiger charge is -2.20. The van der Waals surface area contributed by atoms with Gasteiger partial charge in [0.1, 0.15) is 0 Å². The van der Waals surface area contributed by atoms with Gasteiger partial charge >= 0.3 is 14.0 Å². The van der Waals surface area contributed by atoms with E-state index in [0.717, 1.165) is 11.1 Å². The van der Waals surface area contributed by atoms with E-state index in [2.05, 4.69) is 4.74 Å². The van der Waals surface area contributed by atoms with Crippen molar-refractivity contribution in [1.29, 1.82) is 0 Å². The van der Waals surface area contributed by atoms with Crippen molar-refractivity contribution >= 4 is 25.6 Å². The van der Waals surface area contributed by atoms with Crippen molar-refractivity contribution in [3.63, 3.8) is 0 Å². The molecule has 2 rings (SSSR count). The first-order chi connectivity index (χ1) is 14.0. The smallest absolute Gasteiger partial charge is 0.434 e. The van der Waals surface area contributed by atoms with Crippen LogP contribution in [0.25, 0.3) is 0 Å². The van der Waals surface area contributed by atoms with Gasteiger partial charge in [-0.25, -0.2) is 9.36 Å². The molecule has 0 radical (unpaired) electrons. The summed E-state index contributed by atoms with van der Waals surface area (Å²) >= 11 is 5.29. The van der Waals surface area contributed by atoms with Crippen LogP contribution in [0.3, 0.4) is 0 Å². The number of benzene rings is 2. The van der Waals surface area contributed by atoms with E-state index in [1.807, 2.05) is 60.7 Å². The summed E-state index contributed by atoms with van der Waals surface area (Å²) in [5.74, 6) is -0.271. The van der Waals surface area contributed by atoms with Crippen molar-refractivity contribution in [2.75, 3.05) is 19.3 Å². The Balaban J connectivity index is 1.91. The number of hydrogen-bond donors (Lipinski definition) is 0. The van der Waals surface area contributed by atoms with Gasteiger partial charge in [-0.15, -0.1) is 0 Å². The summed E-state index contributed by atoms with van der Waals surface area (Å²) in [6.45, 7) is 1.90. The molecule has 0 aliphatic rings. The first-order valence-electron chi connectivity index (χ1n) is 8.98. The number of rotatable bonds is 12. The van der Waals surface area contributed by atoms with Crippen LogP contribution in [-0.4, -0.2) is 25.4 Å². The Morgan fingerprint density at radius 3 is 1.86 bits per heavy atom. The standard InChI is InChI=1S/C20H24ClO7P/c1-17(12-24-20(22)25-16-21)13-26-29(23,27-14-18-8-4-2-5-9-18)28-15-19-10-6-3-7-11-19/h2-11,17H,12-16H2,1H3. The molecule has 0 spiro atoms. The van der Waals surface area contributed by atoms with Crippen LogP contribution in [0.5, 0.6) is 0 Å². The lowest BCUT2D eigenvalue weighted by molar-refractivity contribution is 0.0427. The second-order valence-electron chi connectivity index (χ2n) is 6.18. The van der Waals surface area contributed by atoms with Crippen LogP contribution in [0.15, 0.2) is 60.7 Å². The lowest BCUT2D eigenvalue weighted by atomic mass is 10.2. The lowest BCUT2D eigenvalue weighted by Crippen LogP contribution is -2.17. The quantitative estimate of drug-likeness (QED) is 0.243. The highest BCUT2D eigenvalue weighted by Gasteiger charge is 2.28. The molecular formula is C20H24ClO7P. The van der Waals surface area contributed by atoms with Gasteiger partial charge in [-0.3, -0.25) is 13.6 Å². The number of carbonyl (C=O) groups is 1. The second kappa shape index (κ2) is 12.6. The molecule has 0 bridgehead atoms. The zero-order valence-corrected chi connectivity index (χ0v) is 17.7. The molecule has 29 heavy (non-hydrogen) atoms. The maximum absolute atomic E-state index is 13.1. The minimum absolute atomic E-state index is 0.00495. The largest absolute Gasteiger partial charge is 0.509 e. The highest BCUT2D eigenvalue weighted by Crippen LogP contribution is 2.51. The molecule has 0 saturated carbocycles.